The Morgan fingerprint density at radius 3 is 0.625 bits per heavy atom. The molecule has 4 rings (SSSR count). The van der Waals surface area contributed by atoms with Crippen LogP contribution in [0.25, 0.3) is 32.3 Å². The van der Waals surface area contributed by atoms with Crippen LogP contribution < -0.4 is 28.4 Å². The van der Waals surface area contributed by atoms with Crippen molar-refractivity contribution >= 4 is 39.9 Å². The summed E-state index contributed by atoms with van der Waals surface area (Å²) in [7, 11) is -3.86. The number of rotatable bonds is 46. The van der Waals surface area contributed by atoms with Gasteiger partial charge in [-0.2, -0.15) is 0 Å². The first-order chi connectivity index (χ1) is 35.2. The summed E-state index contributed by atoms with van der Waals surface area (Å²) in [5.41, 5.74) is 0. The normalized spacial score (nSPS) is 11.8. The minimum Gasteiger partial charge on any atom is -0.490 e. The second-order valence-corrected chi connectivity index (χ2v) is 22.3. The van der Waals surface area contributed by atoms with Crippen LogP contribution in [0.1, 0.15) is 240 Å². The van der Waals surface area contributed by atoms with Crippen molar-refractivity contribution in [2.24, 2.45) is 0 Å². The molecule has 0 bridgehead atoms. The summed E-state index contributed by atoms with van der Waals surface area (Å²) in [6.07, 6.45) is 35.9. The van der Waals surface area contributed by atoms with Crippen molar-refractivity contribution in [3.63, 3.8) is 0 Å². The largest absolute Gasteiger partial charge is 0.490 e. The van der Waals surface area contributed by atoms with E-state index in [2.05, 4.69) is 71.0 Å². The summed E-state index contributed by atoms with van der Waals surface area (Å²) in [4.78, 5) is 18.1. The summed E-state index contributed by atoms with van der Waals surface area (Å²) >= 11 is 0. The SMILES string of the molecule is CCCCCCOc1cc2c3cc(OCCCCCC)c(OCCCCCC)cc3c3cc(OCCCCCCCCCCCCCCP(=O)(O)O)c(OCCCCCC)cc3c2cc1OCCCCCC. The van der Waals surface area contributed by atoms with Crippen LogP contribution in [0.15, 0.2) is 36.4 Å². The van der Waals surface area contributed by atoms with Gasteiger partial charge in [-0.05, 0) is 114 Å². The molecule has 0 radical (unpaired) electrons. The molecule has 2 N–H and O–H groups in total. The van der Waals surface area contributed by atoms with E-state index in [-0.39, 0.29) is 6.16 Å². The van der Waals surface area contributed by atoms with Crippen molar-refractivity contribution in [1.82, 2.24) is 0 Å². The Hall–Kier alpha value is -3.39. The number of fused-ring (bicyclic) bond motifs is 6. The second kappa shape index (κ2) is 37.4. The van der Waals surface area contributed by atoms with Crippen molar-refractivity contribution in [3.05, 3.63) is 36.4 Å². The van der Waals surface area contributed by atoms with Crippen LogP contribution in [-0.4, -0.2) is 55.6 Å². The van der Waals surface area contributed by atoms with Crippen molar-refractivity contribution in [2.45, 2.75) is 240 Å². The van der Waals surface area contributed by atoms with Crippen LogP contribution >= 0.6 is 7.60 Å². The minimum absolute atomic E-state index is 0.0159. The Morgan fingerprint density at radius 2 is 0.444 bits per heavy atom. The Bertz CT molecular complexity index is 2050. The topological polar surface area (TPSA) is 113 Å². The van der Waals surface area contributed by atoms with Crippen LogP contribution in [0, 0.1) is 0 Å². The lowest BCUT2D eigenvalue weighted by atomic mass is 9.93. The Morgan fingerprint density at radius 1 is 0.278 bits per heavy atom. The highest BCUT2D eigenvalue weighted by Gasteiger charge is 2.21. The van der Waals surface area contributed by atoms with Gasteiger partial charge in [-0.3, -0.25) is 4.57 Å². The average molecular weight is 1020 g/mol. The smallest absolute Gasteiger partial charge is 0.325 e. The van der Waals surface area contributed by atoms with Crippen molar-refractivity contribution in [1.29, 1.82) is 0 Å². The first-order valence-electron chi connectivity index (χ1n) is 29.6. The van der Waals surface area contributed by atoms with Gasteiger partial charge in [0.25, 0.3) is 0 Å². The van der Waals surface area contributed by atoms with Crippen LogP contribution in [0.5, 0.6) is 34.5 Å². The third-order valence-corrected chi connectivity index (χ3v) is 14.9. The molecular formula is C62H101O9P. The summed E-state index contributed by atoms with van der Waals surface area (Å²) in [5.74, 6) is 4.77. The maximum Gasteiger partial charge on any atom is 0.325 e. The van der Waals surface area contributed by atoms with E-state index in [4.69, 9.17) is 38.2 Å². The van der Waals surface area contributed by atoms with E-state index in [1.54, 1.807) is 0 Å². The van der Waals surface area contributed by atoms with Gasteiger partial charge in [0.2, 0.25) is 0 Å². The second-order valence-electron chi connectivity index (χ2n) is 20.6. The predicted octanol–water partition coefficient (Wildman–Crippen LogP) is 19.2. The van der Waals surface area contributed by atoms with Crippen LogP contribution in [0.2, 0.25) is 0 Å². The van der Waals surface area contributed by atoms with E-state index in [0.717, 1.165) is 163 Å². The Labute approximate surface area is 437 Å². The lowest BCUT2D eigenvalue weighted by Gasteiger charge is -2.21. The molecule has 408 valence electrons. The van der Waals surface area contributed by atoms with E-state index in [9.17, 15) is 4.57 Å². The molecule has 0 spiro atoms. The molecule has 4 aromatic rings. The van der Waals surface area contributed by atoms with Crippen molar-refractivity contribution in [2.75, 3.05) is 45.8 Å². The van der Waals surface area contributed by atoms with Gasteiger partial charge >= 0.3 is 7.60 Å². The molecule has 0 heterocycles. The van der Waals surface area contributed by atoms with E-state index in [1.807, 2.05) is 0 Å². The number of unbranched alkanes of at least 4 members (excludes halogenated alkanes) is 26. The van der Waals surface area contributed by atoms with Gasteiger partial charge in [0.15, 0.2) is 34.5 Å². The molecule has 0 saturated heterocycles. The fraction of sp³-hybridized carbons (Fsp3) is 0.710. The van der Waals surface area contributed by atoms with E-state index in [0.29, 0.717) is 46.1 Å². The summed E-state index contributed by atoms with van der Waals surface area (Å²) in [6, 6.07) is 13.4. The molecule has 0 aromatic heterocycles. The molecule has 0 aliphatic carbocycles. The standard InChI is InChI=1S/C62H101O9P/c1-6-11-16-31-38-66-57-45-51-52-46-58(67-39-32-17-12-7-2)60(69-41-34-19-14-9-4)48-54(52)56-50-62(71-43-36-29-27-25-23-21-22-24-26-28-30-37-44-72(63,64)65)61(70-42-35-20-15-10-5)49-55(56)53(51)47-59(57)68-40-33-18-13-8-3/h45-50H,6-44H2,1-5H3,(H2,63,64,65). The van der Waals surface area contributed by atoms with Gasteiger partial charge in [-0.15, -0.1) is 0 Å². The van der Waals surface area contributed by atoms with Crippen LogP contribution in [0.3, 0.4) is 0 Å². The van der Waals surface area contributed by atoms with Crippen molar-refractivity contribution < 1.29 is 42.8 Å². The van der Waals surface area contributed by atoms with Gasteiger partial charge in [-0.25, -0.2) is 0 Å². The maximum absolute atomic E-state index is 11.1. The fourth-order valence-corrected chi connectivity index (χ4v) is 10.3. The lowest BCUT2D eigenvalue weighted by molar-refractivity contribution is 0.259. The van der Waals surface area contributed by atoms with Crippen LogP contribution in [0.4, 0.5) is 0 Å². The molecule has 0 aliphatic rings. The monoisotopic (exact) mass is 1020 g/mol. The number of hydrogen-bond acceptors (Lipinski definition) is 7. The first-order valence-corrected chi connectivity index (χ1v) is 31.4. The zero-order chi connectivity index (χ0) is 51.5. The van der Waals surface area contributed by atoms with E-state index < -0.39 is 7.60 Å². The molecule has 72 heavy (non-hydrogen) atoms. The minimum atomic E-state index is -3.86. The fourth-order valence-electron chi connectivity index (χ4n) is 9.62. The number of hydrogen-bond donors (Lipinski definition) is 2. The average Bonchev–Trinajstić information content (AvgIpc) is 3.37. The molecular weight excluding hydrogens is 920 g/mol. The number of ether oxygens (including phenoxy) is 6. The van der Waals surface area contributed by atoms with Gasteiger partial charge in [0, 0.05) is 6.16 Å². The zero-order valence-electron chi connectivity index (χ0n) is 46.2. The molecule has 0 saturated carbocycles. The number of benzene rings is 4. The summed E-state index contributed by atoms with van der Waals surface area (Å²) in [6.45, 7) is 15.1. The predicted molar refractivity (Wildman–Crippen MR) is 305 cm³/mol. The maximum atomic E-state index is 11.1. The molecule has 4 aromatic carbocycles. The molecule has 0 fully saturated rings. The zero-order valence-corrected chi connectivity index (χ0v) is 47.1. The molecule has 0 amide bonds. The summed E-state index contributed by atoms with van der Waals surface area (Å²) in [5, 5.41) is 6.59. The van der Waals surface area contributed by atoms with E-state index >= 15 is 0 Å². The summed E-state index contributed by atoms with van der Waals surface area (Å²) < 4.78 is 51.3. The quantitative estimate of drug-likeness (QED) is 0.0254. The van der Waals surface area contributed by atoms with Gasteiger partial charge in [-0.1, -0.05) is 195 Å². The van der Waals surface area contributed by atoms with Gasteiger partial charge < -0.3 is 38.2 Å². The molecule has 0 unspecified atom stereocenters. The highest BCUT2D eigenvalue weighted by Crippen LogP contribution is 2.47. The van der Waals surface area contributed by atoms with Gasteiger partial charge in [0.05, 0.1) is 39.6 Å². The third-order valence-electron chi connectivity index (χ3n) is 14.0. The highest BCUT2D eigenvalue weighted by atomic mass is 31.2. The lowest BCUT2D eigenvalue weighted by Crippen LogP contribution is -2.05. The van der Waals surface area contributed by atoms with Crippen molar-refractivity contribution in [3.8, 4) is 34.5 Å². The van der Waals surface area contributed by atoms with Gasteiger partial charge in [0.1, 0.15) is 0 Å². The first kappa shape index (κ1) is 61.2. The Kier molecular flexibility index (Phi) is 31.7. The highest BCUT2D eigenvalue weighted by molar-refractivity contribution is 7.51. The molecule has 0 atom stereocenters. The van der Waals surface area contributed by atoms with E-state index in [1.165, 1.54) is 103 Å². The molecule has 10 heteroatoms. The molecule has 0 aliphatic heterocycles. The van der Waals surface area contributed by atoms with Crippen LogP contribution in [-0.2, 0) is 4.57 Å². The Balaban J connectivity index is 1.70. The molecule has 9 nitrogen and oxygen atoms in total. The third kappa shape index (κ3) is 23.4.